The Morgan fingerprint density at radius 3 is 2.95 bits per heavy atom. The van der Waals surface area contributed by atoms with Gasteiger partial charge >= 0.3 is 0 Å². The molecule has 0 aliphatic carbocycles. The summed E-state index contributed by atoms with van der Waals surface area (Å²) in [6, 6.07) is 7.14. The average Bonchev–Trinajstić information content (AvgIpc) is 2.44. The van der Waals surface area contributed by atoms with Gasteiger partial charge < -0.3 is 14.6 Å². The van der Waals surface area contributed by atoms with E-state index in [9.17, 15) is 5.11 Å². The molecule has 0 bridgehead atoms. The summed E-state index contributed by atoms with van der Waals surface area (Å²) in [6.07, 6.45) is -0.568. The molecule has 1 unspecified atom stereocenters. The van der Waals surface area contributed by atoms with Crippen molar-refractivity contribution in [3.63, 3.8) is 0 Å². The molecule has 0 amide bonds. The van der Waals surface area contributed by atoms with Gasteiger partial charge in [0.15, 0.2) is 0 Å². The number of hydrogen-bond donors (Lipinski definition) is 2. The molecule has 5 nitrogen and oxygen atoms in total. The fourth-order valence-corrected chi connectivity index (χ4v) is 1.94. The number of hydrazine groups is 1. The molecule has 1 aliphatic heterocycles. The Labute approximate surface area is 118 Å². The zero-order valence-corrected chi connectivity index (χ0v) is 11.5. The van der Waals surface area contributed by atoms with Gasteiger partial charge in [-0.2, -0.15) is 0 Å². The summed E-state index contributed by atoms with van der Waals surface area (Å²) in [7, 11) is 0. The van der Waals surface area contributed by atoms with Gasteiger partial charge in [-0.15, -0.1) is 0 Å². The number of rotatable bonds is 6. The Kier molecular flexibility index (Phi) is 5.88. The third-order valence-corrected chi connectivity index (χ3v) is 3.04. The zero-order valence-electron chi connectivity index (χ0n) is 10.7. The van der Waals surface area contributed by atoms with Crippen molar-refractivity contribution < 1.29 is 14.6 Å². The highest BCUT2D eigenvalue weighted by atomic mass is 35.5. The topological polar surface area (TPSA) is 54.0 Å². The van der Waals surface area contributed by atoms with Gasteiger partial charge in [0.25, 0.3) is 0 Å². The highest BCUT2D eigenvalue weighted by Gasteiger charge is 2.12. The third kappa shape index (κ3) is 5.34. The van der Waals surface area contributed by atoms with E-state index in [4.69, 9.17) is 21.1 Å². The van der Waals surface area contributed by atoms with Crippen LogP contribution in [0, 0.1) is 0 Å². The van der Waals surface area contributed by atoms with Crippen molar-refractivity contribution in [3.05, 3.63) is 29.3 Å². The molecule has 6 heteroatoms. The highest BCUT2D eigenvalue weighted by Crippen LogP contribution is 2.17. The Morgan fingerprint density at radius 2 is 2.21 bits per heavy atom. The lowest BCUT2D eigenvalue weighted by atomic mass is 10.3. The van der Waals surface area contributed by atoms with Gasteiger partial charge in [-0.3, -0.25) is 5.43 Å². The summed E-state index contributed by atoms with van der Waals surface area (Å²) in [5, 5.41) is 12.5. The predicted octanol–water partition coefficient (Wildman–Crippen LogP) is 0.916. The van der Waals surface area contributed by atoms with Crippen LogP contribution in [0.15, 0.2) is 24.3 Å². The van der Waals surface area contributed by atoms with Crippen LogP contribution in [0.1, 0.15) is 0 Å². The molecule has 106 valence electrons. The van der Waals surface area contributed by atoms with Crippen molar-refractivity contribution in [2.75, 3.05) is 39.5 Å². The van der Waals surface area contributed by atoms with Gasteiger partial charge in [0, 0.05) is 24.7 Å². The second-order valence-electron chi connectivity index (χ2n) is 4.38. The predicted molar refractivity (Wildman–Crippen MR) is 73.3 cm³/mol. The van der Waals surface area contributed by atoms with Crippen LogP contribution in [-0.2, 0) is 4.74 Å². The first-order valence-electron chi connectivity index (χ1n) is 6.36. The van der Waals surface area contributed by atoms with Crippen molar-refractivity contribution in [2.45, 2.75) is 6.10 Å². The number of aliphatic hydroxyl groups excluding tert-OH is 1. The molecule has 0 aromatic heterocycles. The summed E-state index contributed by atoms with van der Waals surface area (Å²) in [4.78, 5) is 0. The monoisotopic (exact) mass is 286 g/mol. The number of halogens is 1. The van der Waals surface area contributed by atoms with Crippen LogP contribution >= 0.6 is 11.6 Å². The number of aliphatic hydroxyl groups is 1. The largest absolute Gasteiger partial charge is 0.491 e. The Morgan fingerprint density at radius 1 is 1.42 bits per heavy atom. The van der Waals surface area contributed by atoms with Crippen LogP contribution in [0.2, 0.25) is 5.02 Å². The molecule has 1 aromatic carbocycles. The Bertz CT molecular complexity index is 386. The first-order chi connectivity index (χ1) is 9.24. The minimum absolute atomic E-state index is 0.234. The van der Waals surface area contributed by atoms with E-state index < -0.39 is 6.10 Å². The normalized spacial score (nSPS) is 18.2. The summed E-state index contributed by atoms with van der Waals surface area (Å²) < 4.78 is 10.7. The first kappa shape index (κ1) is 14.6. The van der Waals surface area contributed by atoms with Crippen molar-refractivity contribution in [2.24, 2.45) is 0 Å². The molecule has 19 heavy (non-hydrogen) atoms. The van der Waals surface area contributed by atoms with Gasteiger partial charge in [-0.1, -0.05) is 17.7 Å². The minimum atomic E-state index is -0.568. The molecular formula is C13H19ClN2O3. The quantitative estimate of drug-likeness (QED) is 0.814. The maximum Gasteiger partial charge on any atom is 0.120 e. The molecule has 1 heterocycles. The summed E-state index contributed by atoms with van der Waals surface area (Å²) >= 11 is 5.85. The second kappa shape index (κ2) is 7.67. The summed E-state index contributed by atoms with van der Waals surface area (Å²) in [5.41, 5.74) is 3.17. The number of hydrogen-bond acceptors (Lipinski definition) is 5. The maximum absolute atomic E-state index is 9.83. The number of ether oxygens (including phenoxy) is 2. The smallest absolute Gasteiger partial charge is 0.120 e. The lowest BCUT2D eigenvalue weighted by Gasteiger charge is -2.28. The molecule has 1 fully saturated rings. The molecule has 1 atom stereocenters. The van der Waals surface area contributed by atoms with Crippen LogP contribution in [0.4, 0.5) is 0 Å². The van der Waals surface area contributed by atoms with E-state index in [1.807, 2.05) is 17.1 Å². The first-order valence-corrected chi connectivity index (χ1v) is 6.74. The lowest BCUT2D eigenvalue weighted by molar-refractivity contribution is -0.000789. The Balaban J connectivity index is 1.65. The van der Waals surface area contributed by atoms with Crippen LogP contribution < -0.4 is 10.2 Å². The molecule has 1 saturated heterocycles. The van der Waals surface area contributed by atoms with E-state index in [1.165, 1.54) is 0 Å². The summed E-state index contributed by atoms with van der Waals surface area (Å²) in [6.45, 7) is 3.81. The molecular weight excluding hydrogens is 268 g/mol. The highest BCUT2D eigenvalue weighted by molar-refractivity contribution is 6.30. The van der Waals surface area contributed by atoms with Gasteiger partial charge in [0.1, 0.15) is 18.5 Å². The van der Waals surface area contributed by atoms with E-state index in [-0.39, 0.29) is 6.61 Å². The summed E-state index contributed by atoms with van der Waals surface area (Å²) in [5.74, 6) is 0.665. The van der Waals surface area contributed by atoms with Crippen LogP contribution in [0.25, 0.3) is 0 Å². The molecule has 2 rings (SSSR count). The minimum Gasteiger partial charge on any atom is -0.491 e. The van der Waals surface area contributed by atoms with Gasteiger partial charge in [-0.25, -0.2) is 5.01 Å². The molecule has 1 aliphatic rings. The van der Waals surface area contributed by atoms with Gasteiger partial charge in [-0.05, 0) is 18.2 Å². The number of benzene rings is 1. The molecule has 2 N–H and O–H groups in total. The van der Waals surface area contributed by atoms with Gasteiger partial charge in [0.05, 0.1) is 13.2 Å². The van der Waals surface area contributed by atoms with E-state index in [2.05, 4.69) is 5.43 Å². The standard InChI is InChI=1S/C13H19ClN2O3/c14-11-2-1-3-13(8-11)19-10-12(17)9-15-16-4-6-18-7-5-16/h1-3,8,12,15,17H,4-7,9-10H2. The Hall–Kier alpha value is -0.850. The van der Waals surface area contributed by atoms with Crippen LogP contribution in [-0.4, -0.2) is 55.7 Å². The second-order valence-corrected chi connectivity index (χ2v) is 4.82. The van der Waals surface area contributed by atoms with Gasteiger partial charge in [0.2, 0.25) is 0 Å². The van der Waals surface area contributed by atoms with Crippen LogP contribution in [0.3, 0.4) is 0 Å². The number of morpholine rings is 1. The molecule has 1 aromatic rings. The fraction of sp³-hybridized carbons (Fsp3) is 0.538. The van der Waals surface area contributed by atoms with Crippen molar-refractivity contribution in [3.8, 4) is 5.75 Å². The van der Waals surface area contributed by atoms with E-state index in [0.717, 1.165) is 26.3 Å². The number of nitrogens with zero attached hydrogens (tertiary/aromatic N) is 1. The van der Waals surface area contributed by atoms with Crippen molar-refractivity contribution in [1.82, 2.24) is 10.4 Å². The van der Waals surface area contributed by atoms with Crippen molar-refractivity contribution >= 4 is 11.6 Å². The molecule has 0 spiro atoms. The fourth-order valence-electron chi connectivity index (χ4n) is 1.76. The van der Waals surface area contributed by atoms with Crippen LogP contribution in [0.5, 0.6) is 5.75 Å². The SMILES string of the molecule is OC(CNN1CCOCC1)COc1cccc(Cl)c1. The third-order valence-electron chi connectivity index (χ3n) is 2.80. The molecule has 0 saturated carbocycles. The van der Waals surface area contributed by atoms with E-state index >= 15 is 0 Å². The average molecular weight is 287 g/mol. The lowest BCUT2D eigenvalue weighted by Crippen LogP contribution is -2.48. The van der Waals surface area contributed by atoms with Crippen molar-refractivity contribution in [1.29, 1.82) is 0 Å². The zero-order chi connectivity index (χ0) is 13.5. The number of nitrogens with one attached hydrogen (secondary N) is 1. The molecule has 0 radical (unpaired) electrons. The van der Waals surface area contributed by atoms with E-state index in [1.54, 1.807) is 12.1 Å². The van der Waals surface area contributed by atoms with E-state index in [0.29, 0.717) is 17.3 Å². The maximum atomic E-state index is 9.83.